The second-order valence-electron chi connectivity index (χ2n) is 8.85. The third kappa shape index (κ3) is 4.91. The highest BCUT2D eigenvalue weighted by Gasteiger charge is 2.36. The fourth-order valence-corrected chi connectivity index (χ4v) is 4.66. The van der Waals surface area contributed by atoms with Gasteiger partial charge in [0.1, 0.15) is 5.82 Å². The van der Waals surface area contributed by atoms with Gasteiger partial charge in [0, 0.05) is 57.1 Å². The van der Waals surface area contributed by atoms with E-state index in [1.807, 2.05) is 9.80 Å². The van der Waals surface area contributed by atoms with Crippen molar-refractivity contribution in [1.29, 1.82) is 0 Å². The van der Waals surface area contributed by atoms with Gasteiger partial charge in [-0.25, -0.2) is 4.98 Å². The molecule has 0 radical (unpaired) electrons. The Morgan fingerprint density at radius 2 is 1.87 bits per heavy atom. The lowest BCUT2D eigenvalue weighted by Crippen LogP contribution is -2.40. The molecule has 1 aromatic rings. The summed E-state index contributed by atoms with van der Waals surface area (Å²) in [6, 6.07) is 1.60. The van der Waals surface area contributed by atoms with Crippen molar-refractivity contribution in [2.45, 2.75) is 56.8 Å². The van der Waals surface area contributed by atoms with Crippen LogP contribution in [0.2, 0.25) is 0 Å². The molecule has 0 spiro atoms. The average molecular weight is 417 g/mol. The number of rotatable bonds is 6. The molecule has 0 aromatic carbocycles. The molecule has 3 heterocycles. The Kier molecular flexibility index (Phi) is 6.51. The summed E-state index contributed by atoms with van der Waals surface area (Å²) in [6.07, 6.45) is 5.93. The maximum absolute atomic E-state index is 12.5. The van der Waals surface area contributed by atoms with E-state index < -0.39 is 0 Å². The van der Waals surface area contributed by atoms with Crippen molar-refractivity contribution in [2.75, 3.05) is 39.9 Å². The summed E-state index contributed by atoms with van der Waals surface area (Å²) in [5, 5.41) is 0. The third-order valence-electron chi connectivity index (χ3n) is 6.61. The van der Waals surface area contributed by atoms with Crippen LogP contribution in [0.5, 0.6) is 0 Å². The lowest BCUT2D eigenvalue weighted by molar-refractivity contribution is -0.134. The van der Waals surface area contributed by atoms with Crippen LogP contribution in [-0.2, 0) is 14.3 Å². The Morgan fingerprint density at radius 3 is 2.57 bits per heavy atom. The second kappa shape index (κ2) is 9.29. The number of carbonyl (C=O) groups is 2. The average Bonchev–Trinajstić information content (AvgIpc) is 3.62. The van der Waals surface area contributed by atoms with E-state index in [9.17, 15) is 14.4 Å². The van der Waals surface area contributed by atoms with E-state index in [2.05, 4.69) is 4.98 Å². The number of methoxy groups -OCH3 is 1. The van der Waals surface area contributed by atoms with Crippen LogP contribution in [-0.4, -0.2) is 71.5 Å². The molecule has 0 bridgehead atoms. The largest absolute Gasteiger partial charge is 0.384 e. The first-order chi connectivity index (χ1) is 14.5. The number of H-pyrrole nitrogens is 1. The first-order valence-corrected chi connectivity index (χ1v) is 11.2. The summed E-state index contributed by atoms with van der Waals surface area (Å²) < 4.78 is 4.99. The zero-order valence-electron chi connectivity index (χ0n) is 17.8. The van der Waals surface area contributed by atoms with E-state index in [-0.39, 0.29) is 35.1 Å². The second-order valence-corrected chi connectivity index (χ2v) is 8.85. The summed E-state index contributed by atoms with van der Waals surface area (Å²) >= 11 is 0. The molecule has 3 aliphatic rings. The Morgan fingerprint density at radius 1 is 1.10 bits per heavy atom. The molecule has 1 saturated carbocycles. The first-order valence-electron chi connectivity index (χ1n) is 11.2. The Hall–Kier alpha value is -2.22. The molecule has 1 aliphatic carbocycles. The SMILES string of the molecule is COCCC(=O)N1CCC(c2nc(C3CCCN(C(=O)C4CC4)C3)cc(=O)[nH]2)CC1. The quantitative estimate of drug-likeness (QED) is 0.760. The number of likely N-dealkylation sites (tertiary alicyclic amines) is 2. The monoisotopic (exact) mass is 416 g/mol. The number of carbonyl (C=O) groups excluding carboxylic acids is 2. The molecule has 2 aliphatic heterocycles. The van der Waals surface area contributed by atoms with Crippen molar-refractivity contribution in [3.05, 3.63) is 27.9 Å². The van der Waals surface area contributed by atoms with Crippen LogP contribution in [0, 0.1) is 5.92 Å². The lowest BCUT2D eigenvalue weighted by atomic mass is 9.92. The molecule has 8 heteroatoms. The molecule has 3 fully saturated rings. The summed E-state index contributed by atoms with van der Waals surface area (Å²) in [5.74, 6) is 1.62. The van der Waals surface area contributed by atoms with E-state index >= 15 is 0 Å². The fraction of sp³-hybridized carbons (Fsp3) is 0.727. The van der Waals surface area contributed by atoms with Crippen molar-refractivity contribution in [1.82, 2.24) is 19.8 Å². The van der Waals surface area contributed by atoms with Crippen LogP contribution >= 0.6 is 0 Å². The number of hydrogen-bond acceptors (Lipinski definition) is 5. The maximum atomic E-state index is 12.5. The minimum atomic E-state index is -0.126. The molecule has 1 N–H and O–H groups in total. The number of piperidine rings is 2. The van der Waals surface area contributed by atoms with Crippen molar-refractivity contribution >= 4 is 11.8 Å². The third-order valence-corrected chi connectivity index (χ3v) is 6.61. The molecular weight excluding hydrogens is 384 g/mol. The lowest BCUT2D eigenvalue weighted by Gasteiger charge is -2.34. The predicted octanol–water partition coefficient (Wildman–Crippen LogP) is 1.63. The van der Waals surface area contributed by atoms with Crippen LogP contribution < -0.4 is 5.56 Å². The minimum absolute atomic E-state index is 0.119. The van der Waals surface area contributed by atoms with E-state index in [1.165, 1.54) is 0 Å². The summed E-state index contributed by atoms with van der Waals surface area (Å²) in [7, 11) is 1.60. The predicted molar refractivity (Wildman–Crippen MR) is 111 cm³/mol. The Labute approximate surface area is 177 Å². The van der Waals surface area contributed by atoms with Gasteiger partial charge in [0.2, 0.25) is 11.8 Å². The van der Waals surface area contributed by atoms with Gasteiger partial charge >= 0.3 is 0 Å². The zero-order valence-corrected chi connectivity index (χ0v) is 17.8. The fourth-order valence-electron chi connectivity index (χ4n) is 4.66. The van der Waals surface area contributed by atoms with Gasteiger partial charge in [0.05, 0.1) is 18.7 Å². The van der Waals surface area contributed by atoms with Crippen molar-refractivity contribution < 1.29 is 14.3 Å². The molecule has 1 unspecified atom stereocenters. The van der Waals surface area contributed by atoms with Gasteiger partial charge in [0.15, 0.2) is 0 Å². The van der Waals surface area contributed by atoms with Gasteiger partial charge in [-0.1, -0.05) is 0 Å². The molecule has 4 rings (SSSR count). The van der Waals surface area contributed by atoms with Gasteiger partial charge in [0.25, 0.3) is 5.56 Å². The minimum Gasteiger partial charge on any atom is -0.384 e. The number of aromatic nitrogens is 2. The Bertz CT molecular complexity index is 827. The first kappa shape index (κ1) is 21.0. The van der Waals surface area contributed by atoms with Crippen molar-refractivity contribution in [2.24, 2.45) is 5.92 Å². The molecule has 1 atom stereocenters. The summed E-state index contributed by atoms with van der Waals surface area (Å²) in [5.41, 5.74) is 0.680. The highest BCUT2D eigenvalue weighted by Crippen LogP contribution is 2.34. The zero-order chi connectivity index (χ0) is 21.1. The van der Waals surface area contributed by atoms with Gasteiger partial charge in [-0.05, 0) is 38.5 Å². The number of ether oxygens (including phenoxy) is 1. The highest BCUT2D eigenvalue weighted by molar-refractivity contribution is 5.81. The Balaban J connectivity index is 1.40. The molecule has 1 aromatic heterocycles. The number of nitrogens with zero attached hydrogens (tertiary/aromatic N) is 3. The van der Waals surface area contributed by atoms with Crippen molar-refractivity contribution in [3.8, 4) is 0 Å². The summed E-state index contributed by atoms with van der Waals surface area (Å²) in [4.78, 5) is 48.6. The van der Waals surface area contributed by atoms with Crippen LogP contribution in [0.3, 0.4) is 0 Å². The molecule has 164 valence electrons. The molecule has 2 amide bonds. The van der Waals surface area contributed by atoms with E-state index in [1.54, 1.807) is 13.2 Å². The van der Waals surface area contributed by atoms with Gasteiger partial charge in [-0.2, -0.15) is 0 Å². The normalized spacial score (nSPS) is 22.9. The number of amides is 2. The van der Waals surface area contributed by atoms with E-state index in [0.717, 1.165) is 56.6 Å². The van der Waals surface area contributed by atoms with E-state index in [0.29, 0.717) is 32.7 Å². The molecular formula is C22H32N4O4. The molecule has 30 heavy (non-hydrogen) atoms. The number of hydrogen-bond donors (Lipinski definition) is 1. The van der Waals surface area contributed by atoms with Gasteiger partial charge in [-0.3, -0.25) is 14.4 Å². The van der Waals surface area contributed by atoms with Crippen LogP contribution in [0.4, 0.5) is 0 Å². The van der Waals surface area contributed by atoms with Crippen LogP contribution in [0.1, 0.15) is 68.3 Å². The molecule has 8 nitrogen and oxygen atoms in total. The van der Waals surface area contributed by atoms with E-state index in [4.69, 9.17) is 9.72 Å². The topological polar surface area (TPSA) is 95.6 Å². The number of nitrogens with one attached hydrogen (secondary N) is 1. The highest BCUT2D eigenvalue weighted by atomic mass is 16.5. The summed E-state index contributed by atoms with van der Waals surface area (Å²) in [6.45, 7) is 3.27. The van der Waals surface area contributed by atoms with Gasteiger partial charge < -0.3 is 19.5 Å². The smallest absolute Gasteiger partial charge is 0.251 e. The van der Waals surface area contributed by atoms with Gasteiger partial charge in [-0.15, -0.1) is 0 Å². The van der Waals surface area contributed by atoms with Crippen molar-refractivity contribution in [3.63, 3.8) is 0 Å². The number of aromatic amines is 1. The maximum Gasteiger partial charge on any atom is 0.251 e. The van der Waals surface area contributed by atoms with Crippen LogP contribution in [0.25, 0.3) is 0 Å². The van der Waals surface area contributed by atoms with Crippen LogP contribution in [0.15, 0.2) is 10.9 Å². The standard InChI is InChI=1S/C22H32N4O4/c1-30-12-8-20(28)25-10-6-15(7-11-25)21-23-18(13-19(27)24-21)17-3-2-9-26(14-17)22(29)16-4-5-16/h13,15-17H,2-12,14H2,1H3,(H,23,24,27). The molecule has 2 saturated heterocycles.